The van der Waals surface area contributed by atoms with Gasteiger partial charge in [0.1, 0.15) is 11.6 Å². The van der Waals surface area contributed by atoms with E-state index in [4.69, 9.17) is 5.10 Å². The van der Waals surface area contributed by atoms with Gasteiger partial charge in [-0.2, -0.15) is 5.10 Å². The number of ketones is 1. The molecule has 2 amide bonds. The van der Waals surface area contributed by atoms with Gasteiger partial charge in [-0.15, -0.1) is 0 Å². The fourth-order valence-corrected chi connectivity index (χ4v) is 6.99. The first-order chi connectivity index (χ1) is 20.2. The van der Waals surface area contributed by atoms with Crippen LogP contribution in [0, 0.1) is 30.6 Å². The minimum Gasteiger partial charge on any atom is -0.317 e. The number of aryl methyl sites for hydroxylation is 1. The minimum atomic E-state index is -0.344. The number of anilines is 2. The Labute approximate surface area is 249 Å². The second-order valence-electron chi connectivity index (χ2n) is 13.5. The van der Waals surface area contributed by atoms with E-state index in [-0.39, 0.29) is 23.3 Å². The van der Waals surface area contributed by atoms with Crippen molar-refractivity contribution in [3.8, 4) is 5.69 Å². The monoisotopic (exact) mass is 565 g/mol. The lowest BCUT2D eigenvalue weighted by molar-refractivity contribution is -0.126. The number of nitrogens with zero attached hydrogens (tertiary/aromatic N) is 2. The summed E-state index contributed by atoms with van der Waals surface area (Å²) in [6.07, 6.45) is 8.65. The number of benzene rings is 2. The van der Waals surface area contributed by atoms with Crippen molar-refractivity contribution < 1.29 is 9.59 Å². The number of urea groups is 1. The third kappa shape index (κ3) is 5.93. The fraction of sp³-hybridized carbons (Fsp3) is 0.457. The number of Topliss-reactive ketones (excluding diaryl/α,β-unsaturated/α-hetero) is 1. The average molecular weight is 566 g/mol. The zero-order chi connectivity index (χ0) is 29.4. The number of amides is 2. The van der Waals surface area contributed by atoms with Gasteiger partial charge in [-0.25, -0.2) is 9.48 Å². The quantitative estimate of drug-likeness (QED) is 0.270. The number of hydrogen-bond donors (Lipinski definition) is 3. The molecule has 3 aliphatic rings. The number of rotatable bonds is 7. The first kappa shape index (κ1) is 28.4. The summed E-state index contributed by atoms with van der Waals surface area (Å²) in [5, 5.41) is 14.3. The molecule has 2 aliphatic carbocycles. The maximum absolute atomic E-state index is 14.1. The van der Waals surface area contributed by atoms with Crippen LogP contribution in [0.15, 0.2) is 66.7 Å². The topological polar surface area (TPSA) is 88.1 Å². The standard InChI is InChI=1S/C35H43N5O2/c1-22-8-12-28(13-9-22)40-31(21-30(39-40)35(2,3)4)38-34(42)37-27-7-5-6-26(20-27)32(24-14-16-36-17-15-24)33(41)29-19-23-10-11-25(29)18-23/h5-13,20-21,23-25,29,32,36H,14-19H2,1-4H3,(H2,37,38,42). The van der Waals surface area contributed by atoms with Crippen LogP contribution in [0.3, 0.4) is 0 Å². The molecule has 3 N–H and O–H groups in total. The molecule has 4 atom stereocenters. The number of carbonyl (C=O) groups excluding carboxylic acids is 2. The Hall–Kier alpha value is -3.71. The van der Waals surface area contributed by atoms with Gasteiger partial charge < -0.3 is 10.6 Å². The van der Waals surface area contributed by atoms with E-state index in [1.54, 1.807) is 4.68 Å². The van der Waals surface area contributed by atoms with Gasteiger partial charge in [0.2, 0.25) is 0 Å². The lowest BCUT2D eigenvalue weighted by Gasteiger charge is -2.33. The highest BCUT2D eigenvalue weighted by molar-refractivity contribution is 5.99. The van der Waals surface area contributed by atoms with Gasteiger partial charge in [-0.1, -0.05) is 62.8 Å². The van der Waals surface area contributed by atoms with Gasteiger partial charge in [0.25, 0.3) is 0 Å². The first-order valence-corrected chi connectivity index (χ1v) is 15.4. The average Bonchev–Trinajstić information content (AvgIpc) is 3.71. The molecule has 2 fully saturated rings. The number of hydrogen-bond acceptors (Lipinski definition) is 4. The second kappa shape index (κ2) is 11.5. The molecule has 1 saturated carbocycles. The van der Waals surface area contributed by atoms with Gasteiger partial charge in [-0.05, 0) is 93.3 Å². The highest BCUT2D eigenvalue weighted by Gasteiger charge is 2.44. The molecule has 0 radical (unpaired) electrons. The summed E-state index contributed by atoms with van der Waals surface area (Å²) in [6, 6.07) is 17.6. The molecule has 2 heterocycles. The van der Waals surface area contributed by atoms with Crippen molar-refractivity contribution in [2.45, 2.75) is 64.7 Å². The number of aromatic nitrogens is 2. The third-order valence-electron chi connectivity index (χ3n) is 9.31. The van der Waals surface area contributed by atoms with Crippen molar-refractivity contribution in [1.82, 2.24) is 15.1 Å². The van der Waals surface area contributed by atoms with Crippen LogP contribution in [-0.4, -0.2) is 34.7 Å². The van der Waals surface area contributed by atoms with Gasteiger partial charge in [0.05, 0.1) is 11.4 Å². The van der Waals surface area contributed by atoms with Crippen molar-refractivity contribution in [2.24, 2.45) is 23.7 Å². The molecule has 220 valence electrons. The Morgan fingerprint density at radius 3 is 2.40 bits per heavy atom. The highest BCUT2D eigenvalue weighted by atomic mass is 16.2. The van der Waals surface area contributed by atoms with Crippen LogP contribution in [-0.2, 0) is 10.2 Å². The summed E-state index contributed by atoms with van der Waals surface area (Å²) in [5.41, 5.74) is 4.44. The molecular formula is C35H43N5O2. The molecule has 3 aromatic rings. The van der Waals surface area contributed by atoms with Gasteiger partial charge in [0, 0.05) is 29.0 Å². The third-order valence-corrected chi connectivity index (χ3v) is 9.31. The molecule has 7 heteroatoms. The van der Waals surface area contributed by atoms with E-state index in [9.17, 15) is 9.59 Å². The molecule has 7 nitrogen and oxygen atoms in total. The smallest absolute Gasteiger partial charge is 0.317 e. The molecule has 0 spiro atoms. The number of allylic oxidation sites excluding steroid dienone is 2. The zero-order valence-electron chi connectivity index (χ0n) is 25.2. The zero-order valence-corrected chi connectivity index (χ0v) is 25.2. The number of nitrogens with one attached hydrogen (secondary N) is 3. The van der Waals surface area contributed by atoms with Crippen molar-refractivity contribution in [1.29, 1.82) is 0 Å². The van der Waals surface area contributed by atoms with E-state index < -0.39 is 0 Å². The van der Waals surface area contributed by atoms with Gasteiger partial charge in [-0.3, -0.25) is 10.1 Å². The summed E-state index contributed by atoms with van der Waals surface area (Å²) < 4.78 is 1.78. The van der Waals surface area contributed by atoms with Crippen LogP contribution in [0.2, 0.25) is 0 Å². The summed E-state index contributed by atoms with van der Waals surface area (Å²) in [5.74, 6) is 2.20. The highest BCUT2D eigenvalue weighted by Crippen LogP contribution is 2.47. The Balaban J connectivity index is 1.23. The second-order valence-corrected chi connectivity index (χ2v) is 13.5. The predicted molar refractivity (Wildman–Crippen MR) is 168 cm³/mol. The van der Waals surface area contributed by atoms with Crippen LogP contribution in [0.5, 0.6) is 0 Å². The Morgan fingerprint density at radius 2 is 1.74 bits per heavy atom. The molecule has 2 bridgehead atoms. The SMILES string of the molecule is Cc1ccc(-n2nc(C(C)(C)C)cc2NC(=O)Nc2cccc(C(C(=O)C3CC4C=CC3C4)C3CCNCC3)c2)cc1. The molecule has 42 heavy (non-hydrogen) atoms. The Morgan fingerprint density at radius 1 is 0.976 bits per heavy atom. The number of fused-ring (bicyclic) bond motifs is 2. The van der Waals surface area contributed by atoms with E-state index in [0.717, 1.165) is 61.3 Å². The van der Waals surface area contributed by atoms with Crippen LogP contribution in [0.4, 0.5) is 16.3 Å². The molecule has 1 aliphatic heterocycles. The summed E-state index contributed by atoms with van der Waals surface area (Å²) in [7, 11) is 0. The lowest BCUT2D eigenvalue weighted by atomic mass is 9.72. The van der Waals surface area contributed by atoms with Crippen molar-refractivity contribution in [2.75, 3.05) is 23.7 Å². The van der Waals surface area contributed by atoms with Crippen molar-refractivity contribution in [3.63, 3.8) is 0 Å². The minimum absolute atomic E-state index is 0.110. The molecular weight excluding hydrogens is 522 g/mol. The van der Waals surface area contributed by atoms with Crippen molar-refractivity contribution >= 4 is 23.3 Å². The van der Waals surface area contributed by atoms with Crippen LogP contribution in [0.1, 0.15) is 69.2 Å². The van der Waals surface area contributed by atoms with Gasteiger partial charge in [0.15, 0.2) is 0 Å². The number of carbonyl (C=O) groups is 2. The summed E-state index contributed by atoms with van der Waals surface area (Å²) in [6.45, 7) is 10.3. The van der Waals surface area contributed by atoms with E-state index in [1.807, 2.05) is 55.5 Å². The largest absolute Gasteiger partial charge is 0.324 e. The summed E-state index contributed by atoms with van der Waals surface area (Å²) in [4.78, 5) is 27.5. The maximum Gasteiger partial charge on any atom is 0.324 e. The van der Waals surface area contributed by atoms with E-state index in [0.29, 0.717) is 35.0 Å². The fourth-order valence-electron chi connectivity index (χ4n) is 6.99. The maximum atomic E-state index is 14.1. The Kier molecular flexibility index (Phi) is 7.79. The van der Waals surface area contributed by atoms with E-state index in [2.05, 4.69) is 54.9 Å². The first-order valence-electron chi connectivity index (χ1n) is 15.4. The summed E-state index contributed by atoms with van der Waals surface area (Å²) >= 11 is 0. The van der Waals surface area contributed by atoms with Crippen LogP contribution in [0.25, 0.3) is 5.69 Å². The molecule has 1 aromatic heterocycles. The van der Waals surface area contributed by atoms with Crippen LogP contribution < -0.4 is 16.0 Å². The lowest BCUT2D eigenvalue weighted by Crippen LogP contribution is -2.36. The molecule has 2 aromatic carbocycles. The van der Waals surface area contributed by atoms with Crippen LogP contribution >= 0.6 is 0 Å². The number of piperidine rings is 1. The van der Waals surface area contributed by atoms with Crippen molar-refractivity contribution in [3.05, 3.63) is 83.6 Å². The molecule has 4 unspecified atom stereocenters. The van der Waals surface area contributed by atoms with Gasteiger partial charge >= 0.3 is 6.03 Å². The normalized spacial score (nSPS) is 22.7. The Bertz CT molecular complexity index is 1480. The van der Waals surface area contributed by atoms with E-state index >= 15 is 0 Å². The molecule has 1 saturated heterocycles. The van der Waals surface area contributed by atoms with E-state index in [1.165, 1.54) is 0 Å². The predicted octanol–water partition coefficient (Wildman–Crippen LogP) is 6.99. The molecule has 6 rings (SSSR count).